The number of hydrogen-bond acceptors (Lipinski definition) is 3. The number of alkyl halides is 6. The van der Waals surface area contributed by atoms with Gasteiger partial charge >= 0.3 is 12.4 Å². The van der Waals surface area contributed by atoms with Gasteiger partial charge in [0.2, 0.25) is 0 Å². The summed E-state index contributed by atoms with van der Waals surface area (Å²) in [5, 5.41) is 3.46. The highest BCUT2D eigenvalue weighted by atomic mass is 19.4. The smallest absolute Gasteiger partial charge is 0.352 e. The van der Waals surface area contributed by atoms with Crippen molar-refractivity contribution < 1.29 is 40.2 Å². The van der Waals surface area contributed by atoms with E-state index >= 15 is 0 Å². The van der Waals surface area contributed by atoms with Gasteiger partial charge in [-0.05, 0) is 80.1 Å². The third-order valence-electron chi connectivity index (χ3n) is 6.78. The summed E-state index contributed by atoms with van der Waals surface area (Å²) < 4.78 is 105. The van der Waals surface area contributed by atoms with E-state index in [0.29, 0.717) is 25.2 Å². The minimum Gasteiger partial charge on any atom is -0.352 e. The van der Waals surface area contributed by atoms with Crippen LogP contribution in [0.1, 0.15) is 60.5 Å². The van der Waals surface area contributed by atoms with Gasteiger partial charge in [0, 0.05) is 12.0 Å². The molecule has 4 rings (SSSR count). The van der Waals surface area contributed by atoms with E-state index < -0.39 is 41.7 Å². The second kappa shape index (κ2) is 10.1. The van der Waals surface area contributed by atoms with Gasteiger partial charge in [0.1, 0.15) is 5.82 Å². The molecule has 10 heteroatoms. The molecule has 2 aromatic carbocycles. The Balaban J connectivity index is 1.66. The van der Waals surface area contributed by atoms with E-state index in [9.17, 15) is 30.7 Å². The third kappa shape index (κ3) is 5.98. The molecular weight excluding hydrogens is 479 g/mol. The lowest BCUT2D eigenvalue weighted by molar-refractivity contribution is -0.211. The summed E-state index contributed by atoms with van der Waals surface area (Å²) in [5.41, 5.74) is -2.31. The van der Waals surface area contributed by atoms with Crippen molar-refractivity contribution in [3.05, 3.63) is 70.5 Å². The quantitative estimate of drug-likeness (QED) is 0.452. The normalized spacial score (nSPS) is 26.6. The number of nitrogens with one attached hydrogen (secondary N) is 1. The summed E-state index contributed by atoms with van der Waals surface area (Å²) >= 11 is 0. The Morgan fingerprint density at radius 3 is 2.11 bits per heavy atom. The predicted molar refractivity (Wildman–Crippen MR) is 114 cm³/mol. The first kappa shape index (κ1) is 25.9. The minimum absolute atomic E-state index is 0.0427. The first-order valence-electron chi connectivity index (χ1n) is 11.5. The van der Waals surface area contributed by atoms with Gasteiger partial charge in [-0.3, -0.25) is 0 Å². The fourth-order valence-electron chi connectivity index (χ4n) is 5.04. The average Bonchev–Trinajstić information content (AvgIpc) is 3.33. The topological polar surface area (TPSA) is 30.5 Å². The highest BCUT2D eigenvalue weighted by Crippen LogP contribution is 2.43. The molecule has 192 valence electrons. The maximum absolute atomic E-state index is 13.6. The van der Waals surface area contributed by atoms with Crippen LogP contribution in [0.2, 0.25) is 0 Å². The predicted octanol–water partition coefficient (Wildman–Crippen LogP) is 6.84. The maximum atomic E-state index is 13.6. The maximum Gasteiger partial charge on any atom is 0.416 e. The molecule has 5 atom stereocenters. The van der Waals surface area contributed by atoms with E-state index in [1.54, 1.807) is 12.1 Å². The third-order valence-corrected chi connectivity index (χ3v) is 6.78. The molecule has 0 aromatic heterocycles. The van der Waals surface area contributed by atoms with E-state index in [1.165, 1.54) is 19.1 Å². The minimum atomic E-state index is -4.95. The van der Waals surface area contributed by atoms with Crippen molar-refractivity contribution in [1.82, 2.24) is 5.32 Å². The van der Waals surface area contributed by atoms with Crippen molar-refractivity contribution in [3.8, 4) is 0 Å². The Morgan fingerprint density at radius 2 is 1.57 bits per heavy atom. The standard InChI is InChI=1S/C25H26F7NO2/c1-14(16-11-17(24(27,28)29)13-18(12-16)25(30,31)32)35-23-22(15-4-6-19(26)7-5-15)20(8-10-34-23)21-3-2-9-33-21/h4-7,11-14,20-23,33H,2-3,8-10H2,1H3. The summed E-state index contributed by atoms with van der Waals surface area (Å²) in [7, 11) is 0. The second-order valence-corrected chi connectivity index (χ2v) is 9.09. The molecule has 0 saturated carbocycles. The molecule has 5 unspecified atom stereocenters. The molecule has 0 bridgehead atoms. The van der Waals surface area contributed by atoms with Crippen LogP contribution < -0.4 is 5.32 Å². The van der Waals surface area contributed by atoms with Crippen molar-refractivity contribution in [1.29, 1.82) is 0 Å². The first-order valence-corrected chi connectivity index (χ1v) is 11.5. The van der Waals surface area contributed by atoms with Gasteiger partial charge in [-0.2, -0.15) is 26.3 Å². The molecule has 2 aliphatic heterocycles. The summed E-state index contributed by atoms with van der Waals surface area (Å²) in [5.74, 6) is -0.757. The van der Waals surface area contributed by atoms with Gasteiger partial charge in [0.15, 0.2) is 6.29 Å². The number of hydrogen-bond donors (Lipinski definition) is 1. The fourth-order valence-corrected chi connectivity index (χ4v) is 5.04. The zero-order valence-electron chi connectivity index (χ0n) is 18.9. The van der Waals surface area contributed by atoms with Crippen LogP contribution in [0.15, 0.2) is 42.5 Å². The number of rotatable bonds is 5. The van der Waals surface area contributed by atoms with Crippen LogP contribution in [0, 0.1) is 11.7 Å². The molecule has 35 heavy (non-hydrogen) atoms. The molecular formula is C25H26F7NO2. The van der Waals surface area contributed by atoms with E-state index in [2.05, 4.69) is 5.32 Å². The molecule has 0 radical (unpaired) electrons. The van der Waals surface area contributed by atoms with Crippen LogP contribution in [0.3, 0.4) is 0 Å². The summed E-state index contributed by atoms with van der Waals surface area (Å²) in [6.07, 6.45) is -9.35. The Hall–Kier alpha value is -2.17. The zero-order valence-corrected chi connectivity index (χ0v) is 18.9. The van der Waals surface area contributed by atoms with Crippen molar-refractivity contribution in [3.63, 3.8) is 0 Å². The van der Waals surface area contributed by atoms with Gasteiger partial charge in [0.25, 0.3) is 0 Å². The van der Waals surface area contributed by atoms with Crippen LogP contribution in [-0.2, 0) is 21.8 Å². The van der Waals surface area contributed by atoms with E-state index in [-0.39, 0.29) is 29.5 Å². The molecule has 2 heterocycles. The fraction of sp³-hybridized carbons (Fsp3) is 0.520. The summed E-state index contributed by atoms with van der Waals surface area (Å²) in [6, 6.07) is 7.44. The lowest BCUT2D eigenvalue weighted by Crippen LogP contribution is -2.45. The zero-order chi connectivity index (χ0) is 25.4. The Kier molecular flexibility index (Phi) is 7.45. The molecule has 2 aromatic rings. The van der Waals surface area contributed by atoms with Gasteiger partial charge in [-0.25, -0.2) is 4.39 Å². The Bertz CT molecular complexity index is 968. The SMILES string of the molecule is CC(OC1OCCC(C2CCCN2)C1c1ccc(F)cc1)c1cc(C(F)(F)F)cc(C(F)(F)F)c1. The molecule has 0 aliphatic carbocycles. The van der Waals surface area contributed by atoms with Crippen molar-refractivity contribution in [2.75, 3.05) is 13.2 Å². The molecule has 0 spiro atoms. The van der Waals surface area contributed by atoms with Crippen LogP contribution in [0.4, 0.5) is 30.7 Å². The lowest BCUT2D eigenvalue weighted by Gasteiger charge is -2.42. The summed E-state index contributed by atoms with van der Waals surface area (Å²) in [6.45, 7) is 2.58. The monoisotopic (exact) mass is 505 g/mol. The molecule has 2 fully saturated rings. The van der Waals surface area contributed by atoms with E-state index in [0.717, 1.165) is 24.9 Å². The van der Waals surface area contributed by atoms with Gasteiger partial charge in [-0.15, -0.1) is 0 Å². The van der Waals surface area contributed by atoms with Crippen molar-refractivity contribution in [2.45, 2.75) is 62.9 Å². The summed E-state index contributed by atoms with van der Waals surface area (Å²) in [4.78, 5) is 0. The Labute approximate surface area is 198 Å². The molecule has 2 aliphatic rings. The van der Waals surface area contributed by atoms with Crippen molar-refractivity contribution >= 4 is 0 Å². The van der Waals surface area contributed by atoms with Gasteiger partial charge < -0.3 is 14.8 Å². The highest BCUT2D eigenvalue weighted by molar-refractivity contribution is 5.35. The molecule has 0 amide bonds. The van der Waals surface area contributed by atoms with E-state index in [4.69, 9.17) is 9.47 Å². The van der Waals surface area contributed by atoms with Crippen molar-refractivity contribution in [2.24, 2.45) is 5.92 Å². The van der Waals surface area contributed by atoms with Crippen LogP contribution in [0.5, 0.6) is 0 Å². The molecule has 3 nitrogen and oxygen atoms in total. The van der Waals surface area contributed by atoms with Crippen LogP contribution >= 0.6 is 0 Å². The number of benzene rings is 2. The second-order valence-electron chi connectivity index (χ2n) is 9.09. The van der Waals surface area contributed by atoms with Gasteiger partial charge in [0.05, 0.1) is 23.8 Å². The average molecular weight is 505 g/mol. The number of halogens is 7. The molecule has 1 N–H and O–H groups in total. The number of ether oxygens (including phenoxy) is 2. The largest absolute Gasteiger partial charge is 0.416 e. The highest BCUT2D eigenvalue weighted by Gasteiger charge is 2.42. The first-order chi connectivity index (χ1) is 16.4. The lowest BCUT2D eigenvalue weighted by atomic mass is 9.77. The molecule has 2 saturated heterocycles. The van der Waals surface area contributed by atoms with E-state index in [1.807, 2.05) is 0 Å². The van der Waals surface area contributed by atoms with Gasteiger partial charge in [-0.1, -0.05) is 12.1 Å². The Morgan fingerprint density at radius 1 is 0.943 bits per heavy atom. The van der Waals surface area contributed by atoms with Crippen LogP contribution in [0.25, 0.3) is 0 Å². The van der Waals surface area contributed by atoms with Crippen LogP contribution in [-0.4, -0.2) is 25.5 Å².